The van der Waals surface area contributed by atoms with Gasteiger partial charge in [0.1, 0.15) is 17.2 Å². The van der Waals surface area contributed by atoms with E-state index in [-0.39, 0.29) is 5.75 Å². The average molecular weight is 287 g/mol. The molecule has 0 aliphatic carbocycles. The monoisotopic (exact) mass is 287 g/mol. The summed E-state index contributed by atoms with van der Waals surface area (Å²) in [6.45, 7) is 3.30. The average Bonchev–Trinajstić information content (AvgIpc) is 2.52. The van der Waals surface area contributed by atoms with Crippen molar-refractivity contribution in [2.24, 2.45) is 0 Å². The summed E-state index contributed by atoms with van der Waals surface area (Å²) < 4.78 is 10.8. The second-order valence-electron chi connectivity index (χ2n) is 4.72. The Hall–Kier alpha value is -2.36. The van der Waals surface area contributed by atoms with Crippen molar-refractivity contribution in [3.05, 3.63) is 48.0 Å². The summed E-state index contributed by atoms with van der Waals surface area (Å²) in [5.74, 6) is 1.82. The van der Waals surface area contributed by atoms with Gasteiger partial charge in [-0.15, -0.1) is 0 Å². The van der Waals surface area contributed by atoms with Crippen molar-refractivity contribution < 1.29 is 14.6 Å². The third-order valence-corrected chi connectivity index (χ3v) is 3.08. The number of hydrogen-bond donors (Lipinski definition) is 2. The lowest BCUT2D eigenvalue weighted by atomic mass is 10.2. The van der Waals surface area contributed by atoms with Gasteiger partial charge in [0.05, 0.1) is 13.7 Å². The standard InChI is InChI=1S/C17H21NO3/c1-3-9-21-16-6-4-5-14(11-16)18-12-13-10-15(20-2)7-8-17(13)19/h4-8,10-11,18-19H,3,9,12H2,1-2H3. The minimum Gasteiger partial charge on any atom is -0.508 e. The highest BCUT2D eigenvalue weighted by Crippen LogP contribution is 2.24. The van der Waals surface area contributed by atoms with Crippen LogP contribution in [0.5, 0.6) is 17.2 Å². The Morgan fingerprint density at radius 2 is 1.95 bits per heavy atom. The van der Waals surface area contributed by atoms with E-state index in [1.807, 2.05) is 30.3 Å². The molecule has 0 atom stereocenters. The molecule has 0 aliphatic rings. The second kappa shape index (κ2) is 7.43. The number of aromatic hydroxyl groups is 1. The van der Waals surface area contributed by atoms with Crippen molar-refractivity contribution in [1.29, 1.82) is 0 Å². The topological polar surface area (TPSA) is 50.7 Å². The first kappa shape index (κ1) is 15.0. The fourth-order valence-electron chi connectivity index (χ4n) is 1.94. The minimum atomic E-state index is 0.252. The Kier molecular flexibility index (Phi) is 5.32. The molecule has 112 valence electrons. The Morgan fingerprint density at radius 3 is 2.71 bits per heavy atom. The van der Waals surface area contributed by atoms with E-state index in [4.69, 9.17) is 9.47 Å². The number of phenolic OH excluding ortho intramolecular Hbond substituents is 1. The molecule has 4 heteroatoms. The van der Waals surface area contributed by atoms with Crippen molar-refractivity contribution in [3.8, 4) is 17.2 Å². The summed E-state index contributed by atoms with van der Waals surface area (Å²) in [4.78, 5) is 0. The predicted octanol–water partition coefficient (Wildman–Crippen LogP) is 3.80. The van der Waals surface area contributed by atoms with Crippen LogP contribution in [0.15, 0.2) is 42.5 Å². The van der Waals surface area contributed by atoms with Gasteiger partial charge in [-0.25, -0.2) is 0 Å². The summed E-state index contributed by atoms with van der Waals surface area (Å²) in [6.07, 6.45) is 0.981. The smallest absolute Gasteiger partial charge is 0.121 e. The van der Waals surface area contributed by atoms with E-state index in [1.165, 1.54) is 0 Å². The summed E-state index contributed by atoms with van der Waals surface area (Å²) in [5, 5.41) is 13.1. The van der Waals surface area contributed by atoms with Crippen LogP contribution in [0.4, 0.5) is 5.69 Å². The number of ether oxygens (including phenoxy) is 2. The molecule has 4 nitrogen and oxygen atoms in total. The highest BCUT2D eigenvalue weighted by Gasteiger charge is 2.04. The van der Waals surface area contributed by atoms with Crippen LogP contribution in [0.2, 0.25) is 0 Å². The second-order valence-corrected chi connectivity index (χ2v) is 4.72. The van der Waals surface area contributed by atoms with Crippen LogP contribution in [0, 0.1) is 0 Å². The van der Waals surface area contributed by atoms with Gasteiger partial charge >= 0.3 is 0 Å². The van der Waals surface area contributed by atoms with E-state index in [1.54, 1.807) is 19.2 Å². The maximum absolute atomic E-state index is 9.86. The normalized spacial score (nSPS) is 10.2. The Labute approximate surface area is 125 Å². The van der Waals surface area contributed by atoms with Crippen LogP contribution in [-0.4, -0.2) is 18.8 Å². The first-order chi connectivity index (χ1) is 10.2. The largest absolute Gasteiger partial charge is 0.508 e. The van der Waals surface area contributed by atoms with Gasteiger partial charge in [-0.05, 0) is 36.8 Å². The molecule has 0 heterocycles. The number of hydrogen-bond acceptors (Lipinski definition) is 4. The maximum atomic E-state index is 9.86. The lowest BCUT2D eigenvalue weighted by Gasteiger charge is -2.11. The van der Waals surface area contributed by atoms with Gasteiger partial charge in [0.25, 0.3) is 0 Å². The van der Waals surface area contributed by atoms with E-state index in [0.717, 1.165) is 29.2 Å². The lowest BCUT2D eigenvalue weighted by Crippen LogP contribution is -2.01. The molecule has 0 fully saturated rings. The van der Waals surface area contributed by atoms with E-state index in [9.17, 15) is 5.11 Å². The van der Waals surface area contributed by atoms with E-state index in [2.05, 4.69) is 12.2 Å². The fraction of sp³-hybridized carbons (Fsp3) is 0.294. The lowest BCUT2D eigenvalue weighted by molar-refractivity contribution is 0.317. The van der Waals surface area contributed by atoms with Gasteiger partial charge in [-0.1, -0.05) is 13.0 Å². The molecule has 2 N–H and O–H groups in total. The van der Waals surface area contributed by atoms with Crippen LogP contribution >= 0.6 is 0 Å². The van der Waals surface area contributed by atoms with Crippen molar-refractivity contribution in [1.82, 2.24) is 0 Å². The van der Waals surface area contributed by atoms with Gasteiger partial charge in [-0.2, -0.15) is 0 Å². The van der Waals surface area contributed by atoms with Gasteiger partial charge in [0.15, 0.2) is 0 Å². The van der Waals surface area contributed by atoms with Gasteiger partial charge in [0.2, 0.25) is 0 Å². The quantitative estimate of drug-likeness (QED) is 0.813. The molecule has 2 rings (SSSR count). The Balaban J connectivity index is 2.02. The number of nitrogens with one attached hydrogen (secondary N) is 1. The summed E-state index contributed by atoms with van der Waals surface area (Å²) in [6, 6.07) is 13.0. The highest BCUT2D eigenvalue weighted by atomic mass is 16.5. The van der Waals surface area contributed by atoms with Gasteiger partial charge in [0, 0.05) is 23.9 Å². The minimum absolute atomic E-state index is 0.252. The van der Waals surface area contributed by atoms with Crippen molar-refractivity contribution in [2.75, 3.05) is 19.0 Å². The SMILES string of the molecule is CCCOc1cccc(NCc2cc(OC)ccc2O)c1. The summed E-state index contributed by atoms with van der Waals surface area (Å²) >= 11 is 0. The molecule has 2 aromatic rings. The van der Waals surface area contributed by atoms with Crippen LogP contribution in [0.25, 0.3) is 0 Å². The first-order valence-electron chi connectivity index (χ1n) is 7.05. The van der Waals surface area contributed by atoms with Crippen LogP contribution < -0.4 is 14.8 Å². The van der Waals surface area contributed by atoms with Crippen LogP contribution in [0.3, 0.4) is 0 Å². The number of methoxy groups -OCH3 is 1. The molecule has 0 aliphatic heterocycles. The Bertz CT molecular complexity index is 584. The summed E-state index contributed by atoms with van der Waals surface area (Å²) in [5.41, 5.74) is 1.74. The molecular formula is C17H21NO3. The van der Waals surface area contributed by atoms with Crippen molar-refractivity contribution in [2.45, 2.75) is 19.9 Å². The molecular weight excluding hydrogens is 266 g/mol. The summed E-state index contributed by atoms with van der Waals surface area (Å²) in [7, 11) is 1.61. The van der Waals surface area contributed by atoms with Crippen molar-refractivity contribution >= 4 is 5.69 Å². The molecule has 0 saturated heterocycles. The zero-order chi connectivity index (χ0) is 15.1. The molecule has 2 aromatic carbocycles. The molecule has 0 radical (unpaired) electrons. The van der Waals surface area contributed by atoms with E-state index in [0.29, 0.717) is 13.2 Å². The molecule has 21 heavy (non-hydrogen) atoms. The van der Waals surface area contributed by atoms with E-state index >= 15 is 0 Å². The molecule has 0 bridgehead atoms. The van der Waals surface area contributed by atoms with Crippen molar-refractivity contribution in [3.63, 3.8) is 0 Å². The first-order valence-corrected chi connectivity index (χ1v) is 7.05. The van der Waals surface area contributed by atoms with E-state index < -0.39 is 0 Å². The highest BCUT2D eigenvalue weighted by molar-refractivity contribution is 5.50. The molecule has 0 spiro atoms. The van der Waals surface area contributed by atoms with Crippen LogP contribution in [-0.2, 0) is 6.54 Å². The van der Waals surface area contributed by atoms with Crippen LogP contribution in [0.1, 0.15) is 18.9 Å². The third kappa shape index (κ3) is 4.31. The van der Waals surface area contributed by atoms with Gasteiger partial charge in [-0.3, -0.25) is 0 Å². The van der Waals surface area contributed by atoms with Gasteiger partial charge < -0.3 is 19.9 Å². The number of benzene rings is 2. The zero-order valence-corrected chi connectivity index (χ0v) is 12.4. The number of rotatable bonds is 7. The fourth-order valence-corrected chi connectivity index (χ4v) is 1.94. The maximum Gasteiger partial charge on any atom is 0.121 e. The molecule has 0 saturated carbocycles. The zero-order valence-electron chi connectivity index (χ0n) is 12.4. The molecule has 0 unspecified atom stereocenters. The third-order valence-electron chi connectivity index (χ3n) is 3.08. The predicted molar refractivity (Wildman–Crippen MR) is 84.2 cm³/mol. The Morgan fingerprint density at radius 1 is 1.10 bits per heavy atom. The molecule has 0 aromatic heterocycles. The number of phenols is 1. The number of anilines is 1. The molecule has 0 amide bonds.